The molecule has 2 aliphatic rings. The van der Waals surface area contributed by atoms with E-state index in [-0.39, 0.29) is 0 Å². The lowest BCUT2D eigenvalue weighted by Gasteiger charge is -2.35. The smallest absolute Gasteiger partial charge is 0.232 e. The molecule has 4 heterocycles. The van der Waals surface area contributed by atoms with Crippen LogP contribution in [0.1, 0.15) is 45.3 Å². The van der Waals surface area contributed by atoms with Crippen LogP contribution < -0.4 is 20.4 Å². The Labute approximate surface area is 229 Å². The summed E-state index contributed by atoms with van der Waals surface area (Å²) in [6, 6.07) is 13.6. The Kier molecular flexibility index (Phi) is 8.15. The summed E-state index contributed by atoms with van der Waals surface area (Å²) < 4.78 is 5.99. The van der Waals surface area contributed by atoms with E-state index in [1.165, 1.54) is 25.7 Å². The van der Waals surface area contributed by atoms with Crippen LogP contribution >= 0.6 is 23.8 Å². The van der Waals surface area contributed by atoms with Crippen molar-refractivity contribution >= 4 is 46.5 Å². The molecule has 196 valence electrons. The Morgan fingerprint density at radius 2 is 1.59 bits per heavy atom. The van der Waals surface area contributed by atoms with Gasteiger partial charge in [0.1, 0.15) is 23.2 Å². The number of halogens is 1. The number of hydrogen-bond donors (Lipinski definition) is 2. The van der Waals surface area contributed by atoms with E-state index >= 15 is 0 Å². The maximum absolute atomic E-state index is 6.00. The molecule has 1 aromatic carbocycles. The van der Waals surface area contributed by atoms with E-state index in [4.69, 9.17) is 38.2 Å². The molecule has 0 unspecified atom stereocenters. The molecule has 0 aliphatic carbocycles. The first-order valence-corrected chi connectivity index (χ1v) is 14.0. The maximum atomic E-state index is 6.00. The van der Waals surface area contributed by atoms with E-state index < -0.39 is 0 Å². The van der Waals surface area contributed by atoms with Crippen molar-refractivity contribution in [2.45, 2.75) is 46.1 Å². The fraction of sp³-hybridized carbons (Fsp3) is 0.464. The standard InChI is InChI=1S/C28H35ClN6OS/c1-19-5-3-13-34(17-19)25-15-26(35-14-4-6-20(2)18-35)32-27(31-25)33-28(37)30-16-23-11-12-24(36-23)21-7-9-22(29)10-8-21/h7-12,15,19-20H,3-6,13-14,16-18H2,1-2H3,(H2,30,31,32,33,37)/t19-,20+. The van der Waals surface area contributed by atoms with Crippen LogP contribution in [-0.2, 0) is 6.54 Å². The van der Waals surface area contributed by atoms with E-state index in [2.05, 4.69) is 40.3 Å². The van der Waals surface area contributed by atoms with Crippen molar-refractivity contribution in [1.82, 2.24) is 15.3 Å². The Bertz CT molecular complexity index is 1180. The number of benzene rings is 1. The molecule has 2 saturated heterocycles. The van der Waals surface area contributed by atoms with Gasteiger partial charge >= 0.3 is 0 Å². The van der Waals surface area contributed by atoms with Crippen molar-refractivity contribution in [2.75, 3.05) is 41.3 Å². The monoisotopic (exact) mass is 538 g/mol. The third-order valence-corrected chi connectivity index (χ3v) is 7.60. The highest BCUT2D eigenvalue weighted by Crippen LogP contribution is 2.28. The van der Waals surface area contributed by atoms with E-state index in [0.29, 0.717) is 34.5 Å². The van der Waals surface area contributed by atoms with Crippen molar-refractivity contribution in [2.24, 2.45) is 11.8 Å². The van der Waals surface area contributed by atoms with Gasteiger partial charge in [0, 0.05) is 42.8 Å². The summed E-state index contributed by atoms with van der Waals surface area (Å²) in [6.07, 6.45) is 4.91. The molecule has 3 aromatic rings. The fourth-order valence-electron chi connectivity index (χ4n) is 5.15. The largest absolute Gasteiger partial charge is 0.459 e. The van der Waals surface area contributed by atoms with Crippen LogP contribution in [0, 0.1) is 11.8 Å². The Morgan fingerprint density at radius 3 is 2.19 bits per heavy atom. The number of nitrogens with one attached hydrogen (secondary N) is 2. The summed E-state index contributed by atoms with van der Waals surface area (Å²) in [6.45, 7) is 9.16. The Hall–Kier alpha value is -2.84. The van der Waals surface area contributed by atoms with E-state index in [1.54, 1.807) is 0 Å². The lowest BCUT2D eigenvalue weighted by Crippen LogP contribution is -2.37. The minimum absolute atomic E-state index is 0.458. The minimum Gasteiger partial charge on any atom is -0.459 e. The number of nitrogens with zero attached hydrogens (tertiary/aromatic N) is 4. The number of hydrogen-bond acceptors (Lipinski definition) is 6. The summed E-state index contributed by atoms with van der Waals surface area (Å²) in [4.78, 5) is 14.5. The number of anilines is 3. The second kappa shape index (κ2) is 11.7. The zero-order valence-corrected chi connectivity index (χ0v) is 23.1. The van der Waals surface area contributed by atoms with Gasteiger partial charge in [-0.2, -0.15) is 9.97 Å². The molecule has 9 heteroatoms. The van der Waals surface area contributed by atoms with Crippen LogP contribution in [0.2, 0.25) is 5.02 Å². The van der Waals surface area contributed by atoms with Gasteiger partial charge in [-0.05, 0) is 86.1 Å². The molecule has 37 heavy (non-hydrogen) atoms. The lowest BCUT2D eigenvalue weighted by atomic mass is 10.00. The van der Waals surface area contributed by atoms with Crippen molar-refractivity contribution in [3.8, 4) is 11.3 Å². The van der Waals surface area contributed by atoms with E-state index in [0.717, 1.165) is 54.9 Å². The maximum Gasteiger partial charge on any atom is 0.232 e. The molecular weight excluding hydrogens is 504 g/mol. The third kappa shape index (κ3) is 6.73. The molecule has 5 rings (SSSR count). The third-order valence-electron chi connectivity index (χ3n) is 7.10. The molecule has 2 atom stereocenters. The molecule has 7 nitrogen and oxygen atoms in total. The highest BCUT2D eigenvalue weighted by atomic mass is 35.5. The van der Waals surface area contributed by atoms with Gasteiger partial charge in [-0.3, -0.25) is 0 Å². The topological polar surface area (TPSA) is 69.5 Å². The van der Waals surface area contributed by atoms with Crippen LogP contribution in [0.25, 0.3) is 11.3 Å². The van der Waals surface area contributed by atoms with Crippen molar-refractivity contribution in [3.63, 3.8) is 0 Å². The van der Waals surface area contributed by atoms with Gasteiger partial charge in [0.25, 0.3) is 0 Å². The van der Waals surface area contributed by atoms with Gasteiger partial charge in [0.15, 0.2) is 5.11 Å². The molecule has 0 spiro atoms. The van der Waals surface area contributed by atoms with Gasteiger partial charge < -0.3 is 24.9 Å². The van der Waals surface area contributed by atoms with Crippen molar-refractivity contribution in [1.29, 1.82) is 0 Å². The Balaban J connectivity index is 1.27. The molecule has 2 N–H and O–H groups in total. The summed E-state index contributed by atoms with van der Waals surface area (Å²) >= 11 is 11.6. The summed E-state index contributed by atoms with van der Waals surface area (Å²) in [5.74, 6) is 5.37. The van der Waals surface area contributed by atoms with Gasteiger partial charge in [-0.15, -0.1) is 0 Å². The van der Waals surface area contributed by atoms with Gasteiger partial charge in [-0.1, -0.05) is 25.4 Å². The first-order valence-electron chi connectivity index (χ1n) is 13.2. The first-order chi connectivity index (χ1) is 17.9. The molecule has 2 fully saturated rings. The molecule has 0 radical (unpaired) electrons. The normalized spacial score (nSPS) is 20.1. The van der Waals surface area contributed by atoms with Crippen LogP contribution in [0.15, 0.2) is 46.9 Å². The zero-order chi connectivity index (χ0) is 25.8. The summed E-state index contributed by atoms with van der Waals surface area (Å²) in [7, 11) is 0. The SMILES string of the molecule is C[C@@H]1CCCN(c2cc(N3CCC[C@H](C)C3)nc(NC(=S)NCc3ccc(-c4ccc(Cl)cc4)o3)n2)C1. The highest BCUT2D eigenvalue weighted by Gasteiger charge is 2.23. The van der Waals surface area contributed by atoms with Crippen LogP contribution in [0.4, 0.5) is 17.6 Å². The number of aromatic nitrogens is 2. The first kappa shape index (κ1) is 25.8. The fourth-order valence-corrected chi connectivity index (χ4v) is 5.44. The predicted molar refractivity (Wildman–Crippen MR) is 155 cm³/mol. The molecule has 2 aromatic heterocycles. The molecular formula is C28H35ClN6OS. The van der Waals surface area contributed by atoms with Crippen molar-refractivity contribution < 1.29 is 4.42 Å². The van der Waals surface area contributed by atoms with E-state index in [9.17, 15) is 0 Å². The number of piperidine rings is 2. The lowest BCUT2D eigenvalue weighted by molar-refractivity contribution is 0.441. The second-order valence-electron chi connectivity index (χ2n) is 10.4. The molecule has 2 aliphatic heterocycles. The predicted octanol–water partition coefficient (Wildman–Crippen LogP) is 6.35. The number of thiocarbonyl (C=S) groups is 1. The summed E-state index contributed by atoms with van der Waals surface area (Å²) in [5, 5.41) is 7.62. The van der Waals surface area contributed by atoms with E-state index in [1.807, 2.05) is 36.4 Å². The van der Waals surface area contributed by atoms with Crippen molar-refractivity contribution in [3.05, 3.63) is 53.2 Å². The minimum atomic E-state index is 0.458. The van der Waals surface area contributed by atoms with Crippen LogP contribution in [-0.4, -0.2) is 41.3 Å². The van der Waals surface area contributed by atoms with Crippen LogP contribution in [0.3, 0.4) is 0 Å². The Morgan fingerprint density at radius 1 is 0.973 bits per heavy atom. The highest BCUT2D eigenvalue weighted by molar-refractivity contribution is 7.80. The average molecular weight is 539 g/mol. The molecule has 0 amide bonds. The second-order valence-corrected chi connectivity index (χ2v) is 11.2. The molecule has 0 bridgehead atoms. The summed E-state index contributed by atoms with van der Waals surface area (Å²) in [5.41, 5.74) is 0.980. The van der Waals surface area contributed by atoms with Crippen LogP contribution in [0.5, 0.6) is 0 Å². The van der Waals surface area contributed by atoms with Gasteiger partial charge in [0.05, 0.1) is 6.54 Å². The van der Waals surface area contributed by atoms with Gasteiger partial charge in [0.2, 0.25) is 5.95 Å². The quantitative estimate of drug-likeness (QED) is 0.352. The van der Waals surface area contributed by atoms with Gasteiger partial charge in [-0.25, -0.2) is 0 Å². The number of rotatable bonds is 6. The average Bonchev–Trinajstić information content (AvgIpc) is 3.37. The molecule has 0 saturated carbocycles. The zero-order valence-electron chi connectivity index (χ0n) is 21.5. The number of furan rings is 1.